The van der Waals surface area contributed by atoms with Crippen LogP contribution in [0.1, 0.15) is 32.3 Å². The Kier molecular flexibility index (Phi) is 3.71. The Morgan fingerprint density at radius 3 is 2.56 bits per heavy atom. The first-order valence-corrected chi connectivity index (χ1v) is 6.45. The van der Waals surface area contributed by atoms with Crippen molar-refractivity contribution in [3.8, 4) is 5.75 Å². The van der Waals surface area contributed by atoms with E-state index in [1.54, 1.807) is 7.11 Å². The van der Waals surface area contributed by atoms with E-state index in [0.29, 0.717) is 12.2 Å². The van der Waals surface area contributed by atoms with E-state index < -0.39 is 0 Å². The van der Waals surface area contributed by atoms with Crippen molar-refractivity contribution in [3.05, 3.63) is 29.8 Å². The summed E-state index contributed by atoms with van der Waals surface area (Å²) in [7, 11) is 1.67. The van der Waals surface area contributed by atoms with Crippen LogP contribution in [0.2, 0.25) is 0 Å². The number of likely N-dealkylation sites (tertiary alicyclic amines) is 1. The van der Waals surface area contributed by atoms with Gasteiger partial charge >= 0.3 is 0 Å². The van der Waals surface area contributed by atoms with Crippen LogP contribution in [0.4, 0.5) is 0 Å². The first-order valence-electron chi connectivity index (χ1n) is 6.45. The van der Waals surface area contributed by atoms with Gasteiger partial charge < -0.3 is 4.74 Å². The van der Waals surface area contributed by atoms with E-state index in [2.05, 4.69) is 17.0 Å². The highest BCUT2D eigenvalue weighted by atomic mass is 16.5. The molecule has 0 atom stereocenters. The Morgan fingerprint density at radius 1 is 1.28 bits per heavy atom. The topological polar surface area (TPSA) is 29.5 Å². The van der Waals surface area contributed by atoms with E-state index in [1.165, 1.54) is 5.56 Å². The van der Waals surface area contributed by atoms with Crippen LogP contribution in [0.3, 0.4) is 0 Å². The molecule has 0 bridgehead atoms. The van der Waals surface area contributed by atoms with Gasteiger partial charge in [0.1, 0.15) is 5.75 Å². The van der Waals surface area contributed by atoms with Crippen molar-refractivity contribution < 1.29 is 9.53 Å². The second kappa shape index (κ2) is 5.11. The predicted molar refractivity (Wildman–Crippen MR) is 71.7 cm³/mol. The molecule has 1 heterocycles. The average molecular weight is 247 g/mol. The molecule has 2 rings (SSSR count). The molecule has 0 N–H and O–H groups in total. The van der Waals surface area contributed by atoms with E-state index in [-0.39, 0.29) is 5.54 Å². The smallest absolute Gasteiger partial charge is 0.152 e. The number of benzene rings is 1. The lowest BCUT2D eigenvalue weighted by Gasteiger charge is -2.41. The lowest BCUT2D eigenvalue weighted by Crippen LogP contribution is -2.53. The summed E-state index contributed by atoms with van der Waals surface area (Å²) in [4.78, 5) is 14.2. The number of nitrogens with zero attached hydrogens (tertiary/aromatic N) is 1. The molecule has 0 aromatic heterocycles. The zero-order valence-electron chi connectivity index (χ0n) is 11.4. The van der Waals surface area contributed by atoms with Crippen molar-refractivity contribution in [2.45, 2.75) is 38.8 Å². The van der Waals surface area contributed by atoms with Crippen LogP contribution < -0.4 is 4.74 Å². The van der Waals surface area contributed by atoms with Gasteiger partial charge in [-0.1, -0.05) is 12.1 Å². The highest BCUT2D eigenvalue weighted by Crippen LogP contribution is 2.26. The van der Waals surface area contributed by atoms with Crippen molar-refractivity contribution in [3.63, 3.8) is 0 Å². The van der Waals surface area contributed by atoms with Crippen molar-refractivity contribution in [1.82, 2.24) is 4.90 Å². The first-order chi connectivity index (χ1) is 8.54. The van der Waals surface area contributed by atoms with Gasteiger partial charge in [-0.2, -0.15) is 0 Å². The Labute approximate surface area is 109 Å². The largest absolute Gasteiger partial charge is 0.497 e. The number of hydrogen-bond donors (Lipinski definition) is 0. The fraction of sp³-hybridized carbons (Fsp3) is 0.533. The zero-order valence-corrected chi connectivity index (χ0v) is 11.4. The van der Waals surface area contributed by atoms with E-state index >= 15 is 0 Å². The van der Waals surface area contributed by atoms with E-state index in [9.17, 15) is 4.79 Å². The number of ketones is 1. The second-order valence-electron chi connectivity index (χ2n) is 5.36. The summed E-state index contributed by atoms with van der Waals surface area (Å²) in [5, 5.41) is 0. The Morgan fingerprint density at radius 2 is 1.94 bits per heavy atom. The van der Waals surface area contributed by atoms with Crippen LogP contribution in [0, 0.1) is 0 Å². The first kappa shape index (κ1) is 13.1. The van der Waals surface area contributed by atoms with Crippen molar-refractivity contribution in [2.24, 2.45) is 0 Å². The number of carbonyl (C=O) groups excluding carboxylic acids is 1. The highest BCUT2D eigenvalue weighted by Gasteiger charge is 2.36. The fourth-order valence-electron chi connectivity index (χ4n) is 2.42. The van der Waals surface area contributed by atoms with Gasteiger partial charge in [-0.25, -0.2) is 0 Å². The van der Waals surface area contributed by atoms with Gasteiger partial charge in [0, 0.05) is 13.0 Å². The molecular formula is C15H21NO2. The van der Waals surface area contributed by atoms with E-state index in [4.69, 9.17) is 4.74 Å². The van der Waals surface area contributed by atoms with E-state index in [0.717, 1.165) is 25.3 Å². The standard InChI is InChI=1S/C15H21NO2/c1-15(2)14(17)5-4-10-16(15)11-12-6-8-13(18-3)9-7-12/h6-9H,4-5,10-11H2,1-3H3. The molecule has 0 radical (unpaired) electrons. The minimum Gasteiger partial charge on any atom is -0.497 e. The third kappa shape index (κ3) is 2.56. The molecule has 0 amide bonds. The van der Waals surface area contributed by atoms with Gasteiger partial charge in [-0.05, 0) is 44.5 Å². The van der Waals surface area contributed by atoms with Gasteiger partial charge in [0.15, 0.2) is 5.78 Å². The number of methoxy groups -OCH3 is 1. The number of piperidine rings is 1. The van der Waals surface area contributed by atoms with Crippen LogP contribution in [0.5, 0.6) is 5.75 Å². The molecule has 3 nitrogen and oxygen atoms in total. The summed E-state index contributed by atoms with van der Waals surface area (Å²) in [6, 6.07) is 8.06. The fourth-order valence-corrected chi connectivity index (χ4v) is 2.42. The normalized spacial score (nSPS) is 19.8. The van der Waals surface area contributed by atoms with Gasteiger partial charge in [0.2, 0.25) is 0 Å². The molecule has 0 unspecified atom stereocenters. The molecule has 1 aromatic carbocycles. The number of rotatable bonds is 3. The molecule has 18 heavy (non-hydrogen) atoms. The summed E-state index contributed by atoms with van der Waals surface area (Å²) in [6.45, 7) is 5.86. The molecule has 1 aliphatic rings. The molecule has 1 fully saturated rings. The van der Waals surface area contributed by atoms with Crippen LogP contribution >= 0.6 is 0 Å². The summed E-state index contributed by atoms with van der Waals surface area (Å²) in [5.41, 5.74) is 0.886. The third-order valence-electron chi connectivity index (χ3n) is 3.84. The Bertz CT molecular complexity index is 423. The highest BCUT2D eigenvalue weighted by molar-refractivity contribution is 5.88. The molecule has 1 aromatic rings. The SMILES string of the molecule is COc1ccc(CN2CCCC(=O)C2(C)C)cc1. The maximum atomic E-state index is 12.0. The van der Waals surface area contributed by atoms with Crippen molar-refractivity contribution in [1.29, 1.82) is 0 Å². The molecule has 1 saturated heterocycles. The average Bonchev–Trinajstić information content (AvgIpc) is 2.36. The monoisotopic (exact) mass is 247 g/mol. The van der Waals surface area contributed by atoms with Crippen LogP contribution in [0.25, 0.3) is 0 Å². The Balaban J connectivity index is 2.09. The van der Waals surface area contributed by atoms with Gasteiger partial charge in [0.25, 0.3) is 0 Å². The lowest BCUT2D eigenvalue weighted by molar-refractivity contribution is -0.133. The molecule has 0 aliphatic carbocycles. The summed E-state index contributed by atoms with van der Waals surface area (Å²) < 4.78 is 5.15. The van der Waals surface area contributed by atoms with Gasteiger partial charge in [-0.3, -0.25) is 9.69 Å². The maximum Gasteiger partial charge on any atom is 0.152 e. The number of ether oxygens (including phenoxy) is 1. The zero-order chi connectivity index (χ0) is 13.2. The molecule has 3 heteroatoms. The quantitative estimate of drug-likeness (QED) is 0.822. The number of hydrogen-bond acceptors (Lipinski definition) is 3. The van der Waals surface area contributed by atoms with Crippen molar-refractivity contribution in [2.75, 3.05) is 13.7 Å². The van der Waals surface area contributed by atoms with Crippen molar-refractivity contribution >= 4 is 5.78 Å². The lowest BCUT2D eigenvalue weighted by atomic mass is 9.88. The summed E-state index contributed by atoms with van der Waals surface area (Å²) >= 11 is 0. The molecule has 0 spiro atoms. The second-order valence-corrected chi connectivity index (χ2v) is 5.36. The van der Waals surface area contributed by atoms with Gasteiger partial charge in [-0.15, -0.1) is 0 Å². The predicted octanol–water partition coefficient (Wildman–Crippen LogP) is 2.64. The van der Waals surface area contributed by atoms with Crippen LogP contribution in [0.15, 0.2) is 24.3 Å². The molecule has 0 saturated carbocycles. The molecular weight excluding hydrogens is 226 g/mol. The van der Waals surface area contributed by atoms with Gasteiger partial charge in [0.05, 0.1) is 12.6 Å². The van der Waals surface area contributed by atoms with E-state index in [1.807, 2.05) is 26.0 Å². The molecule has 1 aliphatic heterocycles. The third-order valence-corrected chi connectivity index (χ3v) is 3.84. The Hall–Kier alpha value is -1.35. The number of carbonyl (C=O) groups is 1. The summed E-state index contributed by atoms with van der Waals surface area (Å²) in [5.74, 6) is 1.22. The summed E-state index contributed by atoms with van der Waals surface area (Å²) in [6.07, 6.45) is 1.69. The number of Topliss-reactive ketones (excluding diaryl/α,β-unsaturated/α-hetero) is 1. The van der Waals surface area contributed by atoms with Crippen LogP contribution in [-0.2, 0) is 11.3 Å². The maximum absolute atomic E-state index is 12.0. The minimum absolute atomic E-state index is 0.335. The van der Waals surface area contributed by atoms with Crippen LogP contribution in [-0.4, -0.2) is 29.9 Å². The molecule has 98 valence electrons. The minimum atomic E-state index is -0.335.